The van der Waals surface area contributed by atoms with E-state index >= 15 is 0 Å². The van der Waals surface area contributed by atoms with Gasteiger partial charge in [-0.3, -0.25) is 4.72 Å². The highest BCUT2D eigenvalue weighted by molar-refractivity contribution is 9.10. The lowest BCUT2D eigenvalue weighted by atomic mass is 10.2. The topological polar surface area (TPSA) is 59.1 Å². The molecular weight excluding hydrogens is 335 g/mol. The van der Waals surface area contributed by atoms with E-state index in [1.807, 2.05) is 0 Å². The van der Waals surface area contributed by atoms with Crippen LogP contribution in [0.4, 0.5) is 10.1 Å². The minimum absolute atomic E-state index is 0.133. The van der Waals surface area contributed by atoms with Crippen molar-refractivity contribution in [3.63, 3.8) is 0 Å². The molecule has 0 bridgehead atoms. The number of hydrogen-bond donors (Lipinski definition) is 1. The molecule has 0 saturated heterocycles. The smallest absolute Gasteiger partial charge is 0.262 e. The molecule has 0 amide bonds. The van der Waals surface area contributed by atoms with Gasteiger partial charge in [0.15, 0.2) is 0 Å². The molecule has 2 rings (SSSR count). The normalized spacial score (nSPS) is 11.3. The Kier molecular flexibility index (Phi) is 3.86. The lowest BCUT2D eigenvalue weighted by Gasteiger charge is -2.09. The number of nitrogens with one attached hydrogen (secondary N) is 1. The summed E-state index contributed by atoms with van der Waals surface area (Å²) in [6.07, 6.45) is 1.52. The van der Waals surface area contributed by atoms with E-state index in [1.165, 1.54) is 18.3 Å². The minimum Gasteiger partial charge on any atom is -0.277 e. The van der Waals surface area contributed by atoms with Crippen molar-refractivity contribution in [2.24, 2.45) is 0 Å². The van der Waals surface area contributed by atoms with Crippen molar-refractivity contribution >= 4 is 31.6 Å². The predicted molar refractivity (Wildman–Crippen MR) is 73.9 cm³/mol. The highest BCUT2D eigenvalue weighted by Crippen LogP contribution is 2.23. The van der Waals surface area contributed by atoms with Gasteiger partial charge in [0.05, 0.1) is 10.6 Å². The summed E-state index contributed by atoms with van der Waals surface area (Å²) in [6, 6.07) is 6.91. The zero-order valence-electron chi connectivity index (χ0n) is 9.89. The second-order valence-electron chi connectivity index (χ2n) is 3.86. The first-order valence-electron chi connectivity index (χ1n) is 5.29. The molecule has 0 aliphatic heterocycles. The molecule has 0 atom stereocenters. The van der Waals surface area contributed by atoms with Gasteiger partial charge in [-0.05, 0) is 52.7 Å². The van der Waals surface area contributed by atoms with Crippen LogP contribution in [0.1, 0.15) is 5.56 Å². The average Bonchev–Trinajstić information content (AvgIpc) is 2.35. The van der Waals surface area contributed by atoms with E-state index in [0.717, 1.165) is 6.07 Å². The van der Waals surface area contributed by atoms with Crippen molar-refractivity contribution in [3.8, 4) is 0 Å². The molecule has 0 radical (unpaired) electrons. The number of nitrogens with zero attached hydrogens (tertiary/aromatic N) is 1. The largest absolute Gasteiger partial charge is 0.277 e. The van der Waals surface area contributed by atoms with Crippen LogP contribution in [-0.4, -0.2) is 13.4 Å². The molecule has 0 aliphatic carbocycles. The van der Waals surface area contributed by atoms with Gasteiger partial charge in [0, 0.05) is 6.20 Å². The molecule has 100 valence electrons. The van der Waals surface area contributed by atoms with Gasteiger partial charge in [0.25, 0.3) is 10.0 Å². The average molecular weight is 345 g/mol. The number of pyridine rings is 1. The summed E-state index contributed by atoms with van der Waals surface area (Å²) in [6.45, 7) is 1.57. The zero-order chi connectivity index (χ0) is 14.0. The van der Waals surface area contributed by atoms with E-state index < -0.39 is 15.8 Å². The van der Waals surface area contributed by atoms with Crippen LogP contribution in [0.15, 0.2) is 46.0 Å². The lowest BCUT2D eigenvalue weighted by molar-refractivity contribution is 0.593. The Balaban J connectivity index is 2.38. The molecule has 1 aromatic heterocycles. The fraction of sp³-hybridized carbons (Fsp3) is 0.0833. The molecule has 7 heteroatoms. The third-order valence-corrected chi connectivity index (χ3v) is 4.45. The van der Waals surface area contributed by atoms with Gasteiger partial charge >= 0.3 is 0 Å². The third-order valence-electron chi connectivity index (χ3n) is 2.46. The molecule has 0 fully saturated rings. The number of aryl methyl sites for hydroxylation is 1. The summed E-state index contributed by atoms with van der Waals surface area (Å²) in [4.78, 5) is 3.77. The molecule has 2 aromatic rings. The van der Waals surface area contributed by atoms with Gasteiger partial charge in [-0.15, -0.1) is 0 Å². The van der Waals surface area contributed by atoms with E-state index in [1.54, 1.807) is 19.1 Å². The number of hydrogen-bond acceptors (Lipinski definition) is 3. The Morgan fingerprint density at radius 2 is 2.05 bits per heavy atom. The molecule has 0 aliphatic rings. The zero-order valence-corrected chi connectivity index (χ0v) is 12.3. The molecule has 1 N–H and O–H groups in total. The second kappa shape index (κ2) is 5.26. The van der Waals surface area contributed by atoms with Gasteiger partial charge in [-0.1, -0.05) is 6.07 Å². The fourth-order valence-corrected chi connectivity index (χ4v) is 2.97. The predicted octanol–water partition coefficient (Wildman–Crippen LogP) is 3.09. The minimum atomic E-state index is -3.84. The Morgan fingerprint density at radius 1 is 1.32 bits per heavy atom. The maximum atomic E-state index is 13.4. The van der Waals surface area contributed by atoms with Crippen molar-refractivity contribution < 1.29 is 12.8 Å². The highest BCUT2D eigenvalue weighted by atomic mass is 79.9. The maximum absolute atomic E-state index is 13.4. The monoisotopic (exact) mass is 344 g/mol. The second-order valence-corrected chi connectivity index (χ2v) is 6.29. The van der Waals surface area contributed by atoms with Crippen LogP contribution in [0.5, 0.6) is 0 Å². The lowest BCUT2D eigenvalue weighted by Crippen LogP contribution is -2.14. The van der Waals surface area contributed by atoms with E-state index in [-0.39, 0.29) is 4.90 Å². The SMILES string of the molecule is Cc1ccc(S(=O)(=O)Nc2cccnc2Br)cc1F. The summed E-state index contributed by atoms with van der Waals surface area (Å²) in [5.74, 6) is -0.562. The Labute approximate surface area is 118 Å². The van der Waals surface area contributed by atoms with Gasteiger partial charge in [0.2, 0.25) is 0 Å². The summed E-state index contributed by atoms with van der Waals surface area (Å²) >= 11 is 3.14. The Hall–Kier alpha value is -1.47. The van der Waals surface area contributed by atoms with Crippen LogP contribution < -0.4 is 4.72 Å². The summed E-state index contributed by atoms with van der Waals surface area (Å²) in [5, 5.41) is 0. The maximum Gasteiger partial charge on any atom is 0.262 e. The van der Waals surface area contributed by atoms with E-state index in [9.17, 15) is 12.8 Å². The van der Waals surface area contributed by atoms with Crippen LogP contribution in [0.2, 0.25) is 0 Å². The van der Waals surface area contributed by atoms with Crippen LogP contribution in [0.25, 0.3) is 0 Å². The number of sulfonamides is 1. The third kappa shape index (κ3) is 3.10. The number of halogens is 2. The quantitative estimate of drug-likeness (QED) is 0.870. The summed E-state index contributed by atoms with van der Waals surface area (Å²) in [5.41, 5.74) is 0.685. The molecule has 0 saturated carbocycles. The van der Waals surface area contributed by atoms with Crippen LogP contribution >= 0.6 is 15.9 Å². The number of benzene rings is 1. The number of anilines is 1. The van der Waals surface area contributed by atoms with Crippen molar-refractivity contribution in [2.45, 2.75) is 11.8 Å². The van der Waals surface area contributed by atoms with Crippen LogP contribution in [-0.2, 0) is 10.0 Å². The summed E-state index contributed by atoms with van der Waals surface area (Å²) in [7, 11) is -3.84. The first-order valence-corrected chi connectivity index (χ1v) is 7.57. The van der Waals surface area contributed by atoms with Crippen LogP contribution in [0.3, 0.4) is 0 Å². The first kappa shape index (κ1) is 14.0. The van der Waals surface area contributed by atoms with E-state index in [4.69, 9.17) is 0 Å². The Morgan fingerprint density at radius 3 is 2.68 bits per heavy atom. The van der Waals surface area contributed by atoms with E-state index in [0.29, 0.717) is 15.9 Å². The van der Waals surface area contributed by atoms with E-state index in [2.05, 4.69) is 25.6 Å². The fourth-order valence-electron chi connectivity index (χ4n) is 1.41. The summed E-state index contributed by atoms with van der Waals surface area (Å²) < 4.78 is 40.3. The number of aromatic nitrogens is 1. The highest BCUT2D eigenvalue weighted by Gasteiger charge is 2.17. The molecule has 1 heterocycles. The molecule has 4 nitrogen and oxygen atoms in total. The standard InChI is InChI=1S/C12H10BrFN2O2S/c1-8-4-5-9(7-10(8)14)19(17,18)16-11-3-2-6-15-12(11)13/h2-7,16H,1H3. The first-order chi connectivity index (χ1) is 8.90. The van der Waals surface area contributed by atoms with Crippen molar-refractivity contribution in [3.05, 3.63) is 52.5 Å². The van der Waals surface area contributed by atoms with Crippen LogP contribution in [0, 0.1) is 12.7 Å². The number of rotatable bonds is 3. The van der Waals surface area contributed by atoms with Crippen molar-refractivity contribution in [2.75, 3.05) is 4.72 Å². The van der Waals surface area contributed by atoms with Gasteiger partial charge in [0.1, 0.15) is 10.4 Å². The van der Waals surface area contributed by atoms with Crippen molar-refractivity contribution in [1.82, 2.24) is 4.98 Å². The molecule has 1 aromatic carbocycles. The molecule has 0 unspecified atom stereocenters. The molecule has 19 heavy (non-hydrogen) atoms. The van der Waals surface area contributed by atoms with Gasteiger partial charge in [-0.25, -0.2) is 17.8 Å². The van der Waals surface area contributed by atoms with Gasteiger partial charge < -0.3 is 0 Å². The molecule has 0 spiro atoms. The van der Waals surface area contributed by atoms with Gasteiger partial charge in [-0.2, -0.15) is 0 Å². The molecular formula is C12H10BrFN2O2S. The Bertz CT molecular complexity index is 719. The van der Waals surface area contributed by atoms with Crippen molar-refractivity contribution in [1.29, 1.82) is 0 Å².